The van der Waals surface area contributed by atoms with Gasteiger partial charge in [0.25, 0.3) is 0 Å². The molecule has 2 aliphatic rings. The van der Waals surface area contributed by atoms with Crippen molar-refractivity contribution in [2.24, 2.45) is 0 Å². The Balaban J connectivity index is 1.38. The number of benzene rings is 4. The maximum atomic E-state index is 6.70. The van der Waals surface area contributed by atoms with Crippen LogP contribution in [0.1, 0.15) is 33.9 Å². The molecule has 248 valence electrons. The van der Waals surface area contributed by atoms with E-state index in [-0.39, 0.29) is 0 Å². The highest BCUT2D eigenvalue weighted by Crippen LogP contribution is 2.38. The molecule has 0 amide bonds. The van der Waals surface area contributed by atoms with Crippen LogP contribution < -0.4 is 4.74 Å². The van der Waals surface area contributed by atoms with E-state index in [0.29, 0.717) is 12.4 Å². The standard InChI is InChI=1S/C47H34N4O/c1-2-31-18-20-32(21-19-31)30-52-47-42-28-26-40(50-42)45(34-14-8-4-9-15-34)38-24-22-36(48-38)44(33-12-6-3-7-13-33)37-23-25-39(49-37)46(35-16-10-5-11-17-35)41-27-29-43(47)51-41/h2-29,48,51H,1,30H2. The van der Waals surface area contributed by atoms with Gasteiger partial charge in [0.2, 0.25) is 0 Å². The molecule has 2 aliphatic heterocycles. The number of fused-ring (bicyclic) bond motifs is 8. The smallest absolute Gasteiger partial charge is 0.168 e. The topological polar surface area (TPSA) is 66.6 Å². The lowest BCUT2D eigenvalue weighted by molar-refractivity contribution is 0.308. The highest BCUT2D eigenvalue weighted by atomic mass is 16.5. The van der Waals surface area contributed by atoms with Gasteiger partial charge in [-0.3, -0.25) is 0 Å². The lowest BCUT2D eigenvalue weighted by atomic mass is 10.0. The number of H-pyrrole nitrogens is 2. The van der Waals surface area contributed by atoms with E-state index in [1.165, 1.54) is 0 Å². The second-order valence-electron chi connectivity index (χ2n) is 12.8. The molecular formula is C47H34N4O. The molecule has 5 heteroatoms. The van der Waals surface area contributed by atoms with Crippen LogP contribution >= 0.6 is 0 Å². The van der Waals surface area contributed by atoms with Crippen molar-refractivity contribution in [1.82, 2.24) is 19.9 Å². The maximum Gasteiger partial charge on any atom is 0.168 e. The number of ether oxygens (including phenoxy) is 1. The zero-order valence-corrected chi connectivity index (χ0v) is 28.4. The van der Waals surface area contributed by atoms with Crippen molar-refractivity contribution < 1.29 is 4.74 Å². The van der Waals surface area contributed by atoms with Crippen LogP contribution in [0.5, 0.6) is 5.75 Å². The minimum atomic E-state index is 0.375. The van der Waals surface area contributed by atoms with Crippen molar-refractivity contribution in [2.75, 3.05) is 0 Å². The molecule has 0 saturated carbocycles. The van der Waals surface area contributed by atoms with Gasteiger partial charge < -0.3 is 14.7 Å². The van der Waals surface area contributed by atoms with Gasteiger partial charge in [-0.05, 0) is 76.4 Å². The van der Waals surface area contributed by atoms with Gasteiger partial charge in [-0.2, -0.15) is 0 Å². The molecule has 0 aliphatic carbocycles. The SMILES string of the molecule is C=Cc1ccc(COc2c3nc(c(-c4ccccc4)c4ccc([nH]4)c(-c4ccccc4)c4nc(c(-c5ccccc5)c5ccc2[nH]5)C=C4)C=C3)cc1. The summed E-state index contributed by atoms with van der Waals surface area (Å²) in [7, 11) is 0. The first kappa shape index (κ1) is 31.0. The summed E-state index contributed by atoms with van der Waals surface area (Å²) >= 11 is 0. The largest absolute Gasteiger partial charge is 0.484 e. The molecule has 4 aromatic carbocycles. The molecule has 0 unspecified atom stereocenters. The predicted molar refractivity (Wildman–Crippen MR) is 216 cm³/mol. The fourth-order valence-electron chi connectivity index (χ4n) is 6.96. The summed E-state index contributed by atoms with van der Waals surface area (Å²) in [5.41, 5.74) is 15.4. The number of nitrogens with zero attached hydrogens (tertiary/aromatic N) is 2. The minimum absolute atomic E-state index is 0.375. The van der Waals surface area contributed by atoms with Crippen molar-refractivity contribution in [2.45, 2.75) is 6.61 Å². The monoisotopic (exact) mass is 670 g/mol. The quantitative estimate of drug-likeness (QED) is 0.177. The van der Waals surface area contributed by atoms with Gasteiger partial charge in [-0.25, -0.2) is 9.97 Å². The van der Waals surface area contributed by atoms with Crippen molar-refractivity contribution >= 4 is 52.4 Å². The number of hydrogen-bond donors (Lipinski definition) is 2. The molecular weight excluding hydrogens is 637 g/mol. The average Bonchev–Trinajstić information content (AvgIpc) is 4.04. The van der Waals surface area contributed by atoms with Crippen molar-refractivity contribution in [1.29, 1.82) is 0 Å². The highest BCUT2D eigenvalue weighted by molar-refractivity contribution is 5.98. The summed E-state index contributed by atoms with van der Waals surface area (Å²) < 4.78 is 6.70. The first-order valence-corrected chi connectivity index (χ1v) is 17.4. The Hall–Kier alpha value is -6.98. The molecule has 3 aromatic heterocycles. The summed E-state index contributed by atoms with van der Waals surface area (Å²) in [6.45, 7) is 4.27. The number of aromatic amines is 2. The van der Waals surface area contributed by atoms with Gasteiger partial charge in [-0.15, -0.1) is 0 Å². The molecule has 5 nitrogen and oxygen atoms in total. The molecule has 7 aromatic rings. The average molecular weight is 671 g/mol. The lowest BCUT2D eigenvalue weighted by Gasteiger charge is -2.09. The van der Waals surface area contributed by atoms with E-state index in [9.17, 15) is 0 Å². The predicted octanol–water partition coefficient (Wildman–Crippen LogP) is 11.9. The Morgan fingerprint density at radius 2 is 0.865 bits per heavy atom. The van der Waals surface area contributed by atoms with E-state index in [4.69, 9.17) is 14.7 Å². The van der Waals surface area contributed by atoms with Gasteiger partial charge in [0.1, 0.15) is 12.3 Å². The summed E-state index contributed by atoms with van der Waals surface area (Å²) in [5.74, 6) is 0.667. The molecule has 2 N–H and O–H groups in total. The van der Waals surface area contributed by atoms with Crippen molar-refractivity contribution in [3.8, 4) is 39.1 Å². The third kappa shape index (κ3) is 5.84. The normalized spacial score (nSPS) is 11.8. The fraction of sp³-hybridized carbons (Fsp3) is 0.0213. The van der Waals surface area contributed by atoms with Gasteiger partial charge in [0.05, 0.1) is 22.6 Å². The second kappa shape index (κ2) is 13.4. The summed E-state index contributed by atoms with van der Waals surface area (Å²) in [6, 6.07) is 48.0. The van der Waals surface area contributed by atoms with E-state index in [1.807, 2.05) is 30.4 Å². The Morgan fingerprint density at radius 1 is 0.462 bits per heavy atom. The van der Waals surface area contributed by atoms with Crippen LogP contribution in [0.3, 0.4) is 0 Å². The molecule has 9 rings (SSSR count). The zero-order chi connectivity index (χ0) is 34.9. The van der Waals surface area contributed by atoms with Crippen molar-refractivity contribution in [3.05, 3.63) is 180 Å². The molecule has 0 spiro atoms. The summed E-state index contributed by atoms with van der Waals surface area (Å²) in [4.78, 5) is 18.1. The highest BCUT2D eigenvalue weighted by Gasteiger charge is 2.18. The second-order valence-corrected chi connectivity index (χ2v) is 12.8. The zero-order valence-electron chi connectivity index (χ0n) is 28.4. The third-order valence-corrected chi connectivity index (χ3v) is 9.49. The number of nitrogens with one attached hydrogen (secondary N) is 2. The Labute approximate surface area is 302 Å². The molecule has 0 radical (unpaired) electrons. The van der Waals surface area contributed by atoms with Crippen LogP contribution in [0.25, 0.3) is 85.8 Å². The van der Waals surface area contributed by atoms with Gasteiger partial charge in [0.15, 0.2) is 5.75 Å². The van der Waals surface area contributed by atoms with Crippen LogP contribution in [0, 0.1) is 0 Å². The van der Waals surface area contributed by atoms with E-state index < -0.39 is 0 Å². The van der Waals surface area contributed by atoms with Crippen LogP contribution in [-0.2, 0) is 6.61 Å². The van der Waals surface area contributed by atoms with E-state index >= 15 is 0 Å². The van der Waals surface area contributed by atoms with Gasteiger partial charge in [-0.1, -0.05) is 128 Å². The van der Waals surface area contributed by atoms with E-state index in [0.717, 1.165) is 89.4 Å². The maximum absolute atomic E-state index is 6.70. The molecule has 0 atom stereocenters. The summed E-state index contributed by atoms with van der Waals surface area (Å²) in [6.07, 6.45) is 10.2. The van der Waals surface area contributed by atoms with Crippen LogP contribution in [0.2, 0.25) is 0 Å². The lowest BCUT2D eigenvalue weighted by Crippen LogP contribution is -1.98. The van der Waals surface area contributed by atoms with Crippen LogP contribution in [0.4, 0.5) is 0 Å². The number of aromatic nitrogens is 4. The first-order chi connectivity index (χ1) is 25.7. The first-order valence-electron chi connectivity index (χ1n) is 17.4. The van der Waals surface area contributed by atoms with Crippen LogP contribution in [-0.4, -0.2) is 19.9 Å². The molecule has 0 saturated heterocycles. The number of hydrogen-bond acceptors (Lipinski definition) is 3. The third-order valence-electron chi connectivity index (χ3n) is 9.49. The molecule has 8 bridgehead atoms. The Bertz CT molecular complexity index is 2630. The van der Waals surface area contributed by atoms with Crippen molar-refractivity contribution in [3.63, 3.8) is 0 Å². The molecule has 0 fully saturated rings. The Kier molecular flexibility index (Phi) is 7.99. The fourth-order valence-corrected chi connectivity index (χ4v) is 6.96. The Morgan fingerprint density at radius 3 is 1.33 bits per heavy atom. The number of rotatable bonds is 7. The van der Waals surface area contributed by atoms with Gasteiger partial charge >= 0.3 is 0 Å². The molecule has 5 heterocycles. The van der Waals surface area contributed by atoms with E-state index in [2.05, 4.69) is 156 Å². The van der Waals surface area contributed by atoms with Crippen LogP contribution in [0.15, 0.2) is 146 Å². The minimum Gasteiger partial charge on any atom is -0.484 e. The molecule has 52 heavy (non-hydrogen) atoms. The summed E-state index contributed by atoms with van der Waals surface area (Å²) in [5, 5.41) is 0. The van der Waals surface area contributed by atoms with Gasteiger partial charge in [0, 0.05) is 33.2 Å². The van der Waals surface area contributed by atoms with E-state index in [1.54, 1.807) is 0 Å².